The maximum Gasteiger partial charge on any atom is 0.304 e. The van der Waals surface area contributed by atoms with E-state index < -0.39 is 16.1 Å². The largest absolute Gasteiger partial charge is 0.418 e. The number of nitrogens with one attached hydrogen (secondary N) is 2. The topological polar surface area (TPSA) is 105 Å². The van der Waals surface area contributed by atoms with Crippen LogP contribution >= 0.6 is 0 Å². The number of carbonyl (C=O) groups is 1. The molecule has 162 valence electrons. The van der Waals surface area contributed by atoms with E-state index in [1.54, 1.807) is 20.8 Å². The highest BCUT2D eigenvalue weighted by atomic mass is 32.2. The number of anilines is 2. The lowest BCUT2D eigenvalue weighted by atomic mass is 9.99. The van der Waals surface area contributed by atoms with Crippen molar-refractivity contribution in [1.29, 1.82) is 0 Å². The average molecular weight is 433 g/mol. The number of hydrogen-bond donors (Lipinski definition) is 2. The summed E-state index contributed by atoms with van der Waals surface area (Å²) in [7, 11) is -3.96. The number of aryl methyl sites for hydroxylation is 2. The molecule has 0 saturated heterocycles. The lowest BCUT2D eigenvalue weighted by molar-refractivity contribution is 0.0952. The highest BCUT2D eigenvalue weighted by Gasteiger charge is 2.28. The molecule has 2 aliphatic rings. The number of aromatic nitrogens is 1. The van der Waals surface area contributed by atoms with E-state index in [1.807, 2.05) is 0 Å². The molecule has 4 rings (SSSR count). The standard InChI is InChI=1S/C21H28N4O4S/c1-4-25(13(2)3)30(27,28)24-20(26)18-12-22-21(29-18)23-19-16-9-5-7-14(16)11-15-8-6-10-17(15)19/h11-13H,4-10H2,1-3H3,(H,22,23)(H,24,26). The van der Waals surface area contributed by atoms with E-state index in [2.05, 4.69) is 21.1 Å². The second kappa shape index (κ2) is 8.03. The van der Waals surface area contributed by atoms with Crippen molar-refractivity contribution in [3.05, 3.63) is 40.3 Å². The monoisotopic (exact) mass is 432 g/mol. The van der Waals surface area contributed by atoms with Crippen molar-refractivity contribution in [2.75, 3.05) is 11.9 Å². The number of hydrogen-bond acceptors (Lipinski definition) is 6. The Labute approximate surface area is 177 Å². The molecule has 9 heteroatoms. The van der Waals surface area contributed by atoms with E-state index in [0.29, 0.717) is 0 Å². The second-order valence-corrected chi connectivity index (χ2v) is 9.75. The first kappa shape index (κ1) is 20.9. The number of carbonyl (C=O) groups excluding carboxylic acids is 1. The molecule has 1 heterocycles. The molecule has 0 bridgehead atoms. The van der Waals surface area contributed by atoms with Crippen molar-refractivity contribution in [2.45, 2.75) is 65.3 Å². The van der Waals surface area contributed by atoms with Gasteiger partial charge in [0, 0.05) is 18.3 Å². The Morgan fingerprint density at radius 3 is 2.37 bits per heavy atom. The molecule has 1 aromatic heterocycles. The molecule has 30 heavy (non-hydrogen) atoms. The second-order valence-electron chi connectivity index (χ2n) is 8.12. The summed E-state index contributed by atoms with van der Waals surface area (Å²) in [6.07, 6.45) is 7.71. The van der Waals surface area contributed by atoms with Crippen LogP contribution in [0.2, 0.25) is 0 Å². The molecule has 8 nitrogen and oxygen atoms in total. The smallest absolute Gasteiger partial charge is 0.304 e. The van der Waals surface area contributed by atoms with Gasteiger partial charge in [0.2, 0.25) is 5.76 Å². The normalized spacial score (nSPS) is 15.5. The number of fused-ring (bicyclic) bond motifs is 2. The van der Waals surface area contributed by atoms with Gasteiger partial charge >= 0.3 is 16.1 Å². The minimum absolute atomic E-state index is 0.148. The quantitative estimate of drug-likeness (QED) is 0.697. The van der Waals surface area contributed by atoms with Crippen LogP contribution in [0.3, 0.4) is 0 Å². The van der Waals surface area contributed by atoms with E-state index in [1.165, 1.54) is 32.8 Å². The Balaban J connectivity index is 1.54. The molecule has 1 aromatic carbocycles. The van der Waals surface area contributed by atoms with Crippen LogP contribution in [0.15, 0.2) is 16.7 Å². The van der Waals surface area contributed by atoms with Crippen molar-refractivity contribution in [3.63, 3.8) is 0 Å². The van der Waals surface area contributed by atoms with Gasteiger partial charge in [0.15, 0.2) is 0 Å². The van der Waals surface area contributed by atoms with Gasteiger partial charge in [0.25, 0.3) is 6.01 Å². The Hall–Kier alpha value is -2.39. The first-order valence-electron chi connectivity index (χ1n) is 10.5. The van der Waals surface area contributed by atoms with Gasteiger partial charge in [-0.3, -0.25) is 4.79 Å². The zero-order valence-electron chi connectivity index (χ0n) is 17.6. The molecule has 0 radical (unpaired) electrons. The van der Waals surface area contributed by atoms with E-state index in [4.69, 9.17) is 4.42 Å². The Morgan fingerprint density at radius 1 is 1.17 bits per heavy atom. The predicted octanol–water partition coefficient (Wildman–Crippen LogP) is 3.10. The molecule has 0 saturated carbocycles. The number of oxazole rings is 1. The summed E-state index contributed by atoms with van der Waals surface area (Å²) in [6.45, 7) is 5.48. The van der Waals surface area contributed by atoms with E-state index in [-0.39, 0.29) is 24.4 Å². The molecule has 0 aliphatic heterocycles. The fourth-order valence-corrected chi connectivity index (χ4v) is 5.90. The van der Waals surface area contributed by atoms with Gasteiger partial charge in [0.1, 0.15) is 0 Å². The first-order chi connectivity index (χ1) is 14.3. The van der Waals surface area contributed by atoms with Crippen LogP contribution in [-0.2, 0) is 35.9 Å². The number of amides is 1. The molecule has 1 amide bonds. The average Bonchev–Trinajstić information content (AvgIpc) is 3.41. The Morgan fingerprint density at radius 2 is 1.80 bits per heavy atom. The molecule has 2 aromatic rings. The Bertz CT molecular complexity index is 1040. The maximum atomic E-state index is 12.5. The predicted molar refractivity (Wildman–Crippen MR) is 114 cm³/mol. The van der Waals surface area contributed by atoms with E-state index >= 15 is 0 Å². The third kappa shape index (κ3) is 3.83. The molecule has 0 atom stereocenters. The summed E-state index contributed by atoms with van der Waals surface area (Å²) < 4.78 is 33.8. The van der Waals surface area contributed by atoms with Crippen LogP contribution in [0, 0.1) is 0 Å². The summed E-state index contributed by atoms with van der Waals surface area (Å²) in [5, 5.41) is 3.28. The molecule has 0 fully saturated rings. The molecule has 2 aliphatic carbocycles. The molecular weight excluding hydrogens is 404 g/mol. The van der Waals surface area contributed by atoms with Crippen molar-refractivity contribution < 1.29 is 17.6 Å². The van der Waals surface area contributed by atoms with Gasteiger partial charge in [-0.15, -0.1) is 0 Å². The zero-order valence-corrected chi connectivity index (χ0v) is 18.4. The summed E-state index contributed by atoms with van der Waals surface area (Å²) >= 11 is 0. The van der Waals surface area contributed by atoms with Gasteiger partial charge in [-0.05, 0) is 74.6 Å². The maximum absolute atomic E-state index is 12.5. The molecule has 2 N–H and O–H groups in total. The Kier molecular flexibility index (Phi) is 5.59. The summed E-state index contributed by atoms with van der Waals surface area (Å²) in [6, 6.07) is 2.27. The van der Waals surface area contributed by atoms with Crippen molar-refractivity contribution in [3.8, 4) is 0 Å². The van der Waals surface area contributed by atoms with Crippen molar-refractivity contribution in [2.24, 2.45) is 0 Å². The van der Waals surface area contributed by atoms with Crippen LogP contribution in [0.1, 0.15) is 66.4 Å². The first-order valence-corrected chi connectivity index (χ1v) is 12.0. The van der Waals surface area contributed by atoms with E-state index in [0.717, 1.165) is 44.2 Å². The van der Waals surface area contributed by atoms with Gasteiger partial charge in [-0.2, -0.15) is 12.7 Å². The zero-order chi connectivity index (χ0) is 21.5. The van der Waals surface area contributed by atoms with Crippen LogP contribution in [0.25, 0.3) is 0 Å². The van der Waals surface area contributed by atoms with Crippen molar-refractivity contribution in [1.82, 2.24) is 14.0 Å². The van der Waals surface area contributed by atoms with Gasteiger partial charge in [-0.25, -0.2) is 9.71 Å². The minimum Gasteiger partial charge on any atom is -0.418 e. The fraction of sp³-hybridized carbons (Fsp3) is 0.524. The molecular formula is C21H28N4O4S. The molecule has 0 spiro atoms. The highest BCUT2D eigenvalue weighted by Crippen LogP contribution is 2.39. The highest BCUT2D eigenvalue weighted by molar-refractivity contribution is 7.87. The summed E-state index contributed by atoms with van der Waals surface area (Å²) in [5.41, 5.74) is 6.41. The summed E-state index contributed by atoms with van der Waals surface area (Å²) in [4.78, 5) is 16.6. The molecule has 0 unspecified atom stereocenters. The lowest BCUT2D eigenvalue weighted by Crippen LogP contribution is -2.46. The number of benzene rings is 1. The third-order valence-corrected chi connectivity index (χ3v) is 7.59. The van der Waals surface area contributed by atoms with E-state index in [9.17, 15) is 13.2 Å². The lowest BCUT2D eigenvalue weighted by Gasteiger charge is -2.23. The van der Waals surface area contributed by atoms with Gasteiger partial charge in [-0.1, -0.05) is 13.0 Å². The van der Waals surface area contributed by atoms with Crippen LogP contribution in [-0.4, -0.2) is 36.2 Å². The van der Waals surface area contributed by atoms with Crippen molar-refractivity contribution >= 4 is 27.8 Å². The van der Waals surface area contributed by atoms with Gasteiger partial charge < -0.3 is 9.73 Å². The fourth-order valence-electron chi connectivity index (χ4n) is 4.55. The van der Waals surface area contributed by atoms with Crippen LogP contribution in [0.4, 0.5) is 11.7 Å². The number of rotatable bonds is 7. The van der Waals surface area contributed by atoms with Crippen LogP contribution < -0.4 is 10.0 Å². The summed E-state index contributed by atoms with van der Waals surface area (Å²) in [5.74, 6) is -0.983. The third-order valence-electron chi connectivity index (χ3n) is 5.85. The van der Waals surface area contributed by atoms with Gasteiger partial charge in [0.05, 0.1) is 6.20 Å². The number of nitrogens with zero attached hydrogens (tertiary/aromatic N) is 2. The minimum atomic E-state index is -3.96. The van der Waals surface area contributed by atoms with Crippen LogP contribution in [0.5, 0.6) is 0 Å². The SMILES string of the molecule is CCN(C(C)C)S(=O)(=O)NC(=O)c1cnc(Nc2c3c(cc4c2CCC4)CCC3)o1.